The van der Waals surface area contributed by atoms with Crippen LogP contribution in [0.15, 0.2) is 4.42 Å². The zero-order chi connectivity index (χ0) is 12.7. The van der Waals surface area contributed by atoms with Gasteiger partial charge in [-0.3, -0.25) is 0 Å². The molecule has 0 bridgehead atoms. The van der Waals surface area contributed by atoms with Crippen LogP contribution in [0.25, 0.3) is 10.6 Å². The second kappa shape index (κ2) is 4.48. The van der Waals surface area contributed by atoms with Crippen molar-refractivity contribution in [2.24, 2.45) is 0 Å². The lowest BCUT2D eigenvalue weighted by atomic mass is 10.1. The van der Waals surface area contributed by atoms with Crippen LogP contribution in [0.3, 0.4) is 0 Å². The van der Waals surface area contributed by atoms with Crippen molar-refractivity contribution in [3.63, 3.8) is 0 Å². The largest absolute Gasteiger partial charge is 0.466 e. The molecule has 4 nitrogen and oxygen atoms in total. The molecule has 0 aromatic carbocycles. The molecule has 1 saturated carbocycles. The topological polar surface area (TPSA) is 51.0 Å². The number of aromatic nitrogens is 2. The fourth-order valence-electron chi connectivity index (χ4n) is 2.05. The van der Waals surface area contributed by atoms with E-state index >= 15 is 0 Å². The van der Waals surface area contributed by atoms with E-state index in [1.807, 2.05) is 13.8 Å². The molecule has 0 spiro atoms. The Morgan fingerprint density at radius 3 is 2.61 bits per heavy atom. The molecule has 18 heavy (non-hydrogen) atoms. The van der Waals surface area contributed by atoms with E-state index in [9.17, 15) is 0 Å². The quantitative estimate of drug-likeness (QED) is 0.921. The zero-order valence-electron chi connectivity index (χ0n) is 10.9. The number of hydrogen-bond acceptors (Lipinski definition) is 5. The second-order valence-electron chi connectivity index (χ2n) is 4.87. The molecule has 0 atom stereocenters. The lowest BCUT2D eigenvalue weighted by Gasteiger charge is -1.96. The summed E-state index contributed by atoms with van der Waals surface area (Å²) in [4.78, 5) is 0. The van der Waals surface area contributed by atoms with Gasteiger partial charge in [0.2, 0.25) is 0 Å². The summed E-state index contributed by atoms with van der Waals surface area (Å²) in [7, 11) is 0. The lowest BCUT2D eigenvalue weighted by Crippen LogP contribution is -2.14. The first kappa shape index (κ1) is 11.9. The fourth-order valence-corrected chi connectivity index (χ4v) is 2.99. The maximum Gasteiger partial charge on any atom is 0.151 e. The minimum atomic E-state index is 0.706. The van der Waals surface area contributed by atoms with Gasteiger partial charge < -0.3 is 9.73 Å². The van der Waals surface area contributed by atoms with Gasteiger partial charge in [0.25, 0.3) is 0 Å². The smallest absolute Gasteiger partial charge is 0.151 e. The first-order chi connectivity index (χ1) is 8.65. The number of nitrogens with one attached hydrogen (secondary N) is 1. The van der Waals surface area contributed by atoms with E-state index in [1.54, 1.807) is 11.3 Å². The molecule has 1 aliphatic carbocycles. The summed E-state index contributed by atoms with van der Waals surface area (Å²) in [5.74, 6) is 1.90. The van der Waals surface area contributed by atoms with Crippen LogP contribution in [-0.2, 0) is 6.54 Å². The molecule has 0 aliphatic heterocycles. The third-order valence-corrected chi connectivity index (χ3v) is 4.30. The highest BCUT2D eigenvalue weighted by Crippen LogP contribution is 2.33. The maximum absolute atomic E-state index is 5.64. The molecule has 2 aromatic heterocycles. The van der Waals surface area contributed by atoms with Crippen LogP contribution in [0.4, 0.5) is 0 Å². The number of rotatable bonds is 4. The van der Waals surface area contributed by atoms with E-state index in [4.69, 9.17) is 4.42 Å². The van der Waals surface area contributed by atoms with Crippen LogP contribution in [0.1, 0.15) is 34.9 Å². The van der Waals surface area contributed by atoms with Crippen LogP contribution in [0.5, 0.6) is 0 Å². The van der Waals surface area contributed by atoms with Gasteiger partial charge >= 0.3 is 0 Å². The summed E-state index contributed by atoms with van der Waals surface area (Å²) in [5.41, 5.74) is 2.29. The molecule has 3 rings (SSSR count). The third kappa shape index (κ3) is 2.20. The molecular weight excluding hydrogens is 246 g/mol. The van der Waals surface area contributed by atoms with Gasteiger partial charge in [0.15, 0.2) is 5.01 Å². The molecule has 1 N–H and O–H groups in total. The SMILES string of the molecule is Cc1oc(C)c(-c2nnc(CNC3CC3)s2)c1C. The Bertz CT molecular complexity index is 569. The molecular formula is C13H17N3OS. The molecule has 5 heteroatoms. The second-order valence-corrected chi connectivity index (χ2v) is 5.93. The van der Waals surface area contributed by atoms with E-state index in [0.717, 1.165) is 33.6 Å². The lowest BCUT2D eigenvalue weighted by molar-refractivity contribution is 0.503. The summed E-state index contributed by atoms with van der Waals surface area (Å²) >= 11 is 1.65. The summed E-state index contributed by atoms with van der Waals surface area (Å²) < 4.78 is 5.64. The zero-order valence-corrected chi connectivity index (χ0v) is 11.7. The van der Waals surface area contributed by atoms with Crippen LogP contribution >= 0.6 is 11.3 Å². The number of furan rings is 1. The van der Waals surface area contributed by atoms with E-state index < -0.39 is 0 Å². The number of hydrogen-bond donors (Lipinski definition) is 1. The minimum Gasteiger partial charge on any atom is -0.466 e. The van der Waals surface area contributed by atoms with Crippen molar-refractivity contribution in [2.75, 3.05) is 0 Å². The molecule has 1 fully saturated rings. The molecule has 0 radical (unpaired) electrons. The van der Waals surface area contributed by atoms with Crippen molar-refractivity contribution in [1.29, 1.82) is 0 Å². The average Bonchev–Trinajstić information content (AvgIpc) is 2.99. The fraction of sp³-hybridized carbons (Fsp3) is 0.538. The molecule has 2 heterocycles. The first-order valence-electron chi connectivity index (χ1n) is 6.28. The highest BCUT2D eigenvalue weighted by molar-refractivity contribution is 7.14. The Hall–Kier alpha value is -1.20. The molecule has 2 aromatic rings. The summed E-state index contributed by atoms with van der Waals surface area (Å²) in [6.45, 7) is 6.88. The van der Waals surface area contributed by atoms with Crippen molar-refractivity contribution in [3.8, 4) is 10.6 Å². The molecule has 0 amide bonds. The van der Waals surface area contributed by atoms with E-state index in [-0.39, 0.29) is 0 Å². The van der Waals surface area contributed by atoms with Gasteiger partial charge in [-0.25, -0.2) is 0 Å². The van der Waals surface area contributed by atoms with Crippen LogP contribution in [0.2, 0.25) is 0 Å². The Balaban J connectivity index is 1.82. The highest BCUT2D eigenvalue weighted by Gasteiger charge is 2.21. The van der Waals surface area contributed by atoms with Crippen molar-refractivity contribution >= 4 is 11.3 Å². The molecule has 1 aliphatic rings. The number of nitrogens with zero attached hydrogens (tertiary/aromatic N) is 2. The van der Waals surface area contributed by atoms with E-state index in [1.165, 1.54) is 18.4 Å². The van der Waals surface area contributed by atoms with Gasteiger partial charge in [0.1, 0.15) is 16.5 Å². The van der Waals surface area contributed by atoms with E-state index in [0.29, 0.717) is 6.04 Å². The van der Waals surface area contributed by atoms with Gasteiger partial charge in [-0.15, -0.1) is 10.2 Å². The monoisotopic (exact) mass is 263 g/mol. The van der Waals surface area contributed by atoms with Gasteiger partial charge in [-0.2, -0.15) is 0 Å². The predicted molar refractivity (Wildman–Crippen MR) is 71.7 cm³/mol. The van der Waals surface area contributed by atoms with Crippen LogP contribution < -0.4 is 5.32 Å². The van der Waals surface area contributed by atoms with Crippen molar-refractivity contribution in [3.05, 3.63) is 22.1 Å². The highest BCUT2D eigenvalue weighted by atomic mass is 32.1. The molecule has 0 unspecified atom stereocenters. The standard InChI is InChI=1S/C13H17N3OS/c1-7-8(2)17-9(3)12(7)13-16-15-11(18-13)6-14-10-4-5-10/h10,14H,4-6H2,1-3H3. The Morgan fingerprint density at radius 1 is 1.22 bits per heavy atom. The minimum absolute atomic E-state index is 0.706. The van der Waals surface area contributed by atoms with Crippen molar-refractivity contribution in [1.82, 2.24) is 15.5 Å². The Kier molecular flexibility index (Phi) is 2.95. The van der Waals surface area contributed by atoms with E-state index in [2.05, 4.69) is 22.4 Å². The first-order valence-corrected chi connectivity index (χ1v) is 7.09. The van der Waals surface area contributed by atoms with Gasteiger partial charge in [-0.1, -0.05) is 11.3 Å². The Morgan fingerprint density at radius 2 is 2.00 bits per heavy atom. The van der Waals surface area contributed by atoms with Gasteiger partial charge in [0, 0.05) is 18.2 Å². The summed E-state index contributed by atoms with van der Waals surface area (Å²) in [6, 6.07) is 0.706. The summed E-state index contributed by atoms with van der Waals surface area (Å²) in [5, 5.41) is 14.0. The normalized spacial score (nSPS) is 15.3. The van der Waals surface area contributed by atoms with Crippen LogP contribution in [-0.4, -0.2) is 16.2 Å². The molecule has 0 saturated heterocycles. The van der Waals surface area contributed by atoms with Crippen molar-refractivity contribution in [2.45, 2.75) is 46.2 Å². The number of aryl methyl sites for hydroxylation is 2. The maximum atomic E-state index is 5.64. The van der Waals surface area contributed by atoms with Gasteiger partial charge in [0.05, 0.1) is 5.56 Å². The van der Waals surface area contributed by atoms with Crippen LogP contribution in [0, 0.1) is 20.8 Å². The van der Waals surface area contributed by atoms with Crippen molar-refractivity contribution < 1.29 is 4.42 Å². The predicted octanol–water partition coefficient (Wildman–Crippen LogP) is 2.98. The molecule has 96 valence electrons. The average molecular weight is 263 g/mol. The summed E-state index contributed by atoms with van der Waals surface area (Å²) in [6.07, 6.45) is 2.59. The third-order valence-electron chi connectivity index (χ3n) is 3.36. The van der Waals surface area contributed by atoms with Gasteiger partial charge in [-0.05, 0) is 33.6 Å². The Labute approximate surface area is 110 Å².